The summed E-state index contributed by atoms with van der Waals surface area (Å²) in [5.41, 5.74) is 6.78. The lowest BCUT2D eigenvalue weighted by molar-refractivity contribution is 0.669. The van der Waals surface area contributed by atoms with E-state index in [0.29, 0.717) is 0 Å². The first-order chi connectivity index (χ1) is 25.2. The van der Waals surface area contributed by atoms with Crippen LogP contribution in [0, 0.1) is 0 Å². The van der Waals surface area contributed by atoms with Gasteiger partial charge in [0.2, 0.25) is 0 Å². The Bertz CT molecular complexity index is 3370. The molecule has 9 aromatic carbocycles. The molecule has 51 heavy (non-hydrogen) atoms. The van der Waals surface area contributed by atoms with Crippen molar-refractivity contribution >= 4 is 117 Å². The fourth-order valence-electron chi connectivity index (χ4n) is 8.53. The molecule has 0 atom stereocenters. The molecule has 12 rings (SSSR count). The van der Waals surface area contributed by atoms with Gasteiger partial charge in [-0.3, -0.25) is 0 Å². The summed E-state index contributed by atoms with van der Waals surface area (Å²) in [5.74, 6) is 0. The maximum atomic E-state index is 6.36. The Kier molecular flexibility index (Phi) is 5.59. The average molecular weight is 683 g/mol. The SMILES string of the molecule is c1ccc2c(c1)oc1cc(-c3c4ccccc4c(-c4ccc5sc6cc7cc8c(cc7cc6c5c4)sc4ccccc48)c4ccccc34)ccc12. The minimum absolute atomic E-state index is 0.918. The quantitative estimate of drug-likeness (QED) is 0.165. The predicted molar refractivity (Wildman–Crippen MR) is 223 cm³/mol. The van der Waals surface area contributed by atoms with Crippen LogP contribution in [0.25, 0.3) is 117 Å². The van der Waals surface area contributed by atoms with Crippen molar-refractivity contribution < 1.29 is 4.42 Å². The monoisotopic (exact) mass is 682 g/mol. The van der Waals surface area contributed by atoms with Gasteiger partial charge in [-0.25, -0.2) is 0 Å². The molecule has 3 aromatic heterocycles. The van der Waals surface area contributed by atoms with Crippen molar-refractivity contribution in [2.75, 3.05) is 0 Å². The number of thiophene rings is 2. The molecule has 0 aliphatic carbocycles. The molecule has 3 heteroatoms. The van der Waals surface area contributed by atoms with Gasteiger partial charge in [-0.15, -0.1) is 22.7 Å². The highest BCUT2D eigenvalue weighted by atomic mass is 32.1. The Hall–Kier alpha value is -6.00. The van der Waals surface area contributed by atoms with Crippen molar-refractivity contribution in [3.05, 3.63) is 158 Å². The third-order valence-corrected chi connectivity index (χ3v) is 13.1. The normalized spacial score (nSPS) is 12.3. The largest absolute Gasteiger partial charge is 0.456 e. The van der Waals surface area contributed by atoms with Gasteiger partial charge < -0.3 is 4.42 Å². The van der Waals surface area contributed by atoms with Crippen LogP contribution in [-0.4, -0.2) is 0 Å². The second kappa shape index (κ2) is 10.3. The van der Waals surface area contributed by atoms with Gasteiger partial charge in [-0.2, -0.15) is 0 Å². The van der Waals surface area contributed by atoms with Gasteiger partial charge in [-0.05, 0) is 115 Å². The molecule has 0 unspecified atom stereocenters. The summed E-state index contributed by atoms with van der Waals surface area (Å²) < 4.78 is 11.7. The van der Waals surface area contributed by atoms with Crippen LogP contribution in [0.4, 0.5) is 0 Å². The molecule has 0 saturated heterocycles. The minimum atomic E-state index is 0.918. The van der Waals surface area contributed by atoms with E-state index in [0.717, 1.165) is 21.9 Å². The van der Waals surface area contributed by atoms with Gasteiger partial charge in [-0.1, -0.05) is 97.1 Å². The third-order valence-electron chi connectivity index (χ3n) is 10.8. The lowest BCUT2D eigenvalue weighted by Gasteiger charge is -2.18. The molecule has 1 nitrogen and oxygen atoms in total. The van der Waals surface area contributed by atoms with Crippen LogP contribution in [0.15, 0.2) is 162 Å². The van der Waals surface area contributed by atoms with E-state index in [9.17, 15) is 0 Å². The van der Waals surface area contributed by atoms with Crippen LogP contribution in [0.2, 0.25) is 0 Å². The number of hydrogen-bond acceptors (Lipinski definition) is 3. The van der Waals surface area contributed by atoms with Crippen LogP contribution >= 0.6 is 22.7 Å². The van der Waals surface area contributed by atoms with Crippen LogP contribution in [0.1, 0.15) is 0 Å². The van der Waals surface area contributed by atoms with E-state index in [2.05, 4.69) is 152 Å². The molecule has 0 spiro atoms. The van der Waals surface area contributed by atoms with Crippen molar-refractivity contribution in [3.8, 4) is 22.3 Å². The van der Waals surface area contributed by atoms with E-state index in [1.165, 1.54) is 94.9 Å². The van der Waals surface area contributed by atoms with Crippen molar-refractivity contribution in [1.29, 1.82) is 0 Å². The van der Waals surface area contributed by atoms with Crippen molar-refractivity contribution in [2.45, 2.75) is 0 Å². The van der Waals surface area contributed by atoms with E-state index in [4.69, 9.17) is 4.42 Å². The Labute approximate surface area is 300 Å². The summed E-state index contributed by atoms with van der Waals surface area (Å²) in [6.45, 7) is 0. The zero-order valence-electron chi connectivity index (χ0n) is 27.2. The number of para-hydroxylation sites is 1. The Morgan fingerprint density at radius 1 is 0.294 bits per heavy atom. The third kappa shape index (κ3) is 3.96. The molecule has 0 radical (unpaired) electrons. The molecule has 0 fully saturated rings. The van der Waals surface area contributed by atoms with Crippen molar-refractivity contribution in [1.82, 2.24) is 0 Å². The van der Waals surface area contributed by atoms with Crippen LogP contribution in [0.5, 0.6) is 0 Å². The highest BCUT2D eigenvalue weighted by molar-refractivity contribution is 7.26. The topological polar surface area (TPSA) is 13.1 Å². The zero-order valence-corrected chi connectivity index (χ0v) is 28.9. The van der Waals surface area contributed by atoms with Gasteiger partial charge >= 0.3 is 0 Å². The minimum Gasteiger partial charge on any atom is -0.456 e. The molecule has 0 aliphatic heterocycles. The van der Waals surface area contributed by atoms with Gasteiger partial charge in [0.05, 0.1) is 0 Å². The molecule has 3 heterocycles. The molecule has 236 valence electrons. The first-order valence-corrected chi connectivity index (χ1v) is 19.0. The molecule has 12 aromatic rings. The highest BCUT2D eigenvalue weighted by Gasteiger charge is 2.19. The summed E-state index contributed by atoms with van der Waals surface area (Å²) in [7, 11) is 0. The first kappa shape index (κ1) is 27.8. The maximum absolute atomic E-state index is 6.36. The van der Waals surface area contributed by atoms with E-state index < -0.39 is 0 Å². The smallest absolute Gasteiger partial charge is 0.136 e. The van der Waals surface area contributed by atoms with Gasteiger partial charge in [0.25, 0.3) is 0 Å². The van der Waals surface area contributed by atoms with E-state index in [-0.39, 0.29) is 0 Å². The number of benzene rings is 9. The molecule has 0 N–H and O–H groups in total. The second-order valence-electron chi connectivity index (χ2n) is 13.6. The van der Waals surface area contributed by atoms with Crippen LogP contribution < -0.4 is 0 Å². The maximum Gasteiger partial charge on any atom is 0.136 e. The van der Waals surface area contributed by atoms with Gasteiger partial charge in [0.15, 0.2) is 0 Å². The van der Waals surface area contributed by atoms with Crippen molar-refractivity contribution in [2.24, 2.45) is 0 Å². The summed E-state index contributed by atoms with van der Waals surface area (Å²) in [5, 5.41) is 15.3. The Morgan fingerprint density at radius 2 is 0.765 bits per heavy atom. The molecular weight excluding hydrogens is 657 g/mol. The van der Waals surface area contributed by atoms with Crippen LogP contribution in [0.3, 0.4) is 0 Å². The number of fused-ring (bicyclic) bond motifs is 12. The second-order valence-corrected chi connectivity index (χ2v) is 15.8. The fourth-order valence-corrected chi connectivity index (χ4v) is 10.8. The lowest BCUT2D eigenvalue weighted by atomic mass is 9.85. The van der Waals surface area contributed by atoms with Crippen LogP contribution in [-0.2, 0) is 0 Å². The Balaban J connectivity index is 1.09. The van der Waals surface area contributed by atoms with E-state index in [1.807, 2.05) is 28.7 Å². The van der Waals surface area contributed by atoms with Crippen molar-refractivity contribution in [3.63, 3.8) is 0 Å². The summed E-state index contributed by atoms with van der Waals surface area (Å²) in [4.78, 5) is 0. The highest BCUT2D eigenvalue weighted by Crippen LogP contribution is 2.47. The Morgan fingerprint density at radius 3 is 1.43 bits per heavy atom. The summed E-state index contributed by atoms with van der Waals surface area (Å²) in [6, 6.07) is 58.3. The molecule has 0 bridgehead atoms. The molecule has 0 aliphatic rings. The standard InChI is InChI=1S/C48H26OS2/c1-3-13-36-34(11-1)47(35-12-2-4-14-37(35)48(36)28-17-19-32-31-9-5-7-15-41(31)49-42(32)24-28)27-18-20-44-39(21-27)40-23-30-25-45-38(22-29(30)26-46(40)51-44)33-10-6-8-16-43(33)50-45/h1-26H. The fraction of sp³-hybridized carbons (Fsp3) is 0. The number of furan rings is 1. The van der Waals surface area contributed by atoms with E-state index >= 15 is 0 Å². The summed E-state index contributed by atoms with van der Waals surface area (Å²) >= 11 is 3.78. The zero-order chi connectivity index (χ0) is 33.2. The molecular formula is C48H26OS2. The van der Waals surface area contributed by atoms with E-state index in [1.54, 1.807) is 0 Å². The van der Waals surface area contributed by atoms with Gasteiger partial charge in [0, 0.05) is 51.1 Å². The molecule has 0 saturated carbocycles. The summed E-state index contributed by atoms with van der Waals surface area (Å²) in [6.07, 6.45) is 0. The average Bonchev–Trinajstić information content (AvgIpc) is 3.85. The molecule has 0 amide bonds. The number of rotatable bonds is 2. The first-order valence-electron chi connectivity index (χ1n) is 17.3. The lowest BCUT2D eigenvalue weighted by Crippen LogP contribution is -1.90. The predicted octanol–water partition coefficient (Wildman–Crippen LogP) is 15.1. The number of hydrogen-bond donors (Lipinski definition) is 0. The van der Waals surface area contributed by atoms with Gasteiger partial charge in [0.1, 0.15) is 11.2 Å².